The number of hydrogen-bond donors (Lipinski definition) is 0. The lowest BCUT2D eigenvalue weighted by molar-refractivity contribution is 0.338. The van der Waals surface area contributed by atoms with Gasteiger partial charge in [0.05, 0.1) is 5.69 Å². The van der Waals surface area contributed by atoms with Crippen LogP contribution in [0.2, 0.25) is 0 Å². The van der Waals surface area contributed by atoms with Crippen LogP contribution in [0.4, 0.5) is 0 Å². The second-order valence-electron chi connectivity index (χ2n) is 4.35. The largest absolute Gasteiger partial charge is 0.361 e. The summed E-state index contributed by atoms with van der Waals surface area (Å²) in [5.41, 5.74) is 1.00. The minimum atomic E-state index is 0.589. The number of aromatic nitrogens is 1. The lowest BCUT2D eigenvalue weighted by Gasteiger charge is -2.12. The first kappa shape index (κ1) is 12.3. The van der Waals surface area contributed by atoms with Gasteiger partial charge in [0, 0.05) is 12.0 Å². The van der Waals surface area contributed by atoms with Gasteiger partial charge in [-0.05, 0) is 19.8 Å². The molecule has 86 valence electrons. The highest BCUT2D eigenvalue weighted by Crippen LogP contribution is 2.27. The van der Waals surface area contributed by atoms with Crippen LogP contribution in [-0.4, -0.2) is 5.16 Å². The van der Waals surface area contributed by atoms with Crippen LogP contribution in [0.5, 0.6) is 0 Å². The van der Waals surface area contributed by atoms with Crippen molar-refractivity contribution in [3.05, 3.63) is 17.5 Å². The van der Waals surface area contributed by atoms with Crippen LogP contribution >= 0.6 is 0 Å². The van der Waals surface area contributed by atoms with Crippen LogP contribution in [0, 0.1) is 6.92 Å². The van der Waals surface area contributed by atoms with Gasteiger partial charge >= 0.3 is 0 Å². The summed E-state index contributed by atoms with van der Waals surface area (Å²) in [6.07, 6.45) is 7.57. The molecule has 0 aliphatic carbocycles. The van der Waals surface area contributed by atoms with Crippen molar-refractivity contribution in [2.75, 3.05) is 0 Å². The highest BCUT2D eigenvalue weighted by Gasteiger charge is 2.15. The fourth-order valence-corrected chi connectivity index (χ4v) is 1.91. The standard InChI is InChI=1S/C13H23NO/c1-4-6-8-12(9-7-5-2)13-10-11(3)14-15-13/h10,12H,4-9H2,1-3H3. The minimum absolute atomic E-state index is 0.589. The van der Waals surface area contributed by atoms with Crippen LogP contribution in [0.1, 0.15) is 69.7 Å². The summed E-state index contributed by atoms with van der Waals surface area (Å²) >= 11 is 0. The summed E-state index contributed by atoms with van der Waals surface area (Å²) in [5, 5.41) is 3.98. The van der Waals surface area contributed by atoms with Crippen molar-refractivity contribution >= 4 is 0 Å². The number of rotatable bonds is 7. The summed E-state index contributed by atoms with van der Waals surface area (Å²) in [6.45, 7) is 6.47. The van der Waals surface area contributed by atoms with Crippen LogP contribution in [0.15, 0.2) is 10.6 Å². The molecule has 0 aromatic carbocycles. The van der Waals surface area contributed by atoms with Gasteiger partial charge < -0.3 is 4.52 Å². The van der Waals surface area contributed by atoms with Crippen LogP contribution < -0.4 is 0 Å². The van der Waals surface area contributed by atoms with Crippen molar-refractivity contribution < 1.29 is 4.52 Å². The average Bonchev–Trinajstić information content (AvgIpc) is 2.65. The zero-order valence-electron chi connectivity index (χ0n) is 10.3. The van der Waals surface area contributed by atoms with Gasteiger partial charge in [-0.1, -0.05) is 44.7 Å². The van der Waals surface area contributed by atoms with Crippen LogP contribution in [-0.2, 0) is 0 Å². The first-order valence-electron chi connectivity index (χ1n) is 6.21. The Labute approximate surface area is 93.0 Å². The molecule has 0 bridgehead atoms. The molecule has 1 aromatic heterocycles. The molecule has 0 aliphatic rings. The Morgan fingerprint density at radius 2 is 1.80 bits per heavy atom. The van der Waals surface area contributed by atoms with Gasteiger partial charge in [-0.3, -0.25) is 0 Å². The topological polar surface area (TPSA) is 26.0 Å². The van der Waals surface area contributed by atoms with Crippen molar-refractivity contribution in [1.82, 2.24) is 5.16 Å². The van der Waals surface area contributed by atoms with Crippen molar-refractivity contribution in [2.45, 2.75) is 65.2 Å². The first-order chi connectivity index (χ1) is 7.27. The summed E-state index contributed by atoms with van der Waals surface area (Å²) < 4.78 is 5.37. The molecule has 0 saturated heterocycles. The quantitative estimate of drug-likeness (QED) is 0.663. The summed E-state index contributed by atoms with van der Waals surface area (Å²) in [6, 6.07) is 2.09. The van der Waals surface area contributed by atoms with Gasteiger partial charge in [-0.25, -0.2) is 0 Å². The van der Waals surface area contributed by atoms with E-state index in [0.29, 0.717) is 5.92 Å². The molecule has 0 N–H and O–H groups in total. The highest BCUT2D eigenvalue weighted by molar-refractivity contribution is 5.08. The van der Waals surface area contributed by atoms with Gasteiger partial charge in [0.1, 0.15) is 5.76 Å². The van der Waals surface area contributed by atoms with E-state index >= 15 is 0 Å². The predicted octanol–water partition coefficient (Wildman–Crippen LogP) is 4.45. The fourth-order valence-electron chi connectivity index (χ4n) is 1.91. The van der Waals surface area contributed by atoms with E-state index in [0.717, 1.165) is 11.5 Å². The minimum Gasteiger partial charge on any atom is -0.361 e. The Bertz CT molecular complexity index is 259. The number of unbranched alkanes of at least 4 members (excludes halogenated alkanes) is 2. The van der Waals surface area contributed by atoms with Crippen molar-refractivity contribution in [2.24, 2.45) is 0 Å². The van der Waals surface area contributed by atoms with E-state index in [4.69, 9.17) is 4.52 Å². The van der Waals surface area contributed by atoms with Gasteiger partial charge in [0.25, 0.3) is 0 Å². The third kappa shape index (κ3) is 4.06. The van der Waals surface area contributed by atoms with Crippen molar-refractivity contribution in [3.63, 3.8) is 0 Å². The maximum absolute atomic E-state index is 5.37. The molecule has 0 aliphatic heterocycles. The summed E-state index contributed by atoms with van der Waals surface area (Å²) in [5.74, 6) is 1.68. The zero-order valence-corrected chi connectivity index (χ0v) is 10.3. The predicted molar refractivity (Wildman–Crippen MR) is 63.0 cm³/mol. The molecule has 0 unspecified atom stereocenters. The number of aryl methyl sites for hydroxylation is 1. The number of nitrogens with zero attached hydrogens (tertiary/aromatic N) is 1. The maximum Gasteiger partial charge on any atom is 0.140 e. The van der Waals surface area contributed by atoms with E-state index in [1.165, 1.54) is 38.5 Å². The van der Waals surface area contributed by atoms with E-state index in [2.05, 4.69) is 25.1 Å². The van der Waals surface area contributed by atoms with Crippen molar-refractivity contribution in [1.29, 1.82) is 0 Å². The Morgan fingerprint density at radius 1 is 1.20 bits per heavy atom. The van der Waals surface area contributed by atoms with E-state index in [1.54, 1.807) is 0 Å². The normalized spacial score (nSPS) is 11.2. The molecule has 2 nitrogen and oxygen atoms in total. The fraction of sp³-hybridized carbons (Fsp3) is 0.769. The lowest BCUT2D eigenvalue weighted by Crippen LogP contribution is -1.97. The second-order valence-corrected chi connectivity index (χ2v) is 4.35. The Balaban J connectivity index is 2.54. The van der Waals surface area contributed by atoms with Gasteiger partial charge in [-0.2, -0.15) is 0 Å². The first-order valence-corrected chi connectivity index (χ1v) is 6.21. The molecule has 0 atom stereocenters. The summed E-state index contributed by atoms with van der Waals surface area (Å²) in [7, 11) is 0. The third-order valence-corrected chi connectivity index (χ3v) is 2.86. The molecule has 15 heavy (non-hydrogen) atoms. The van der Waals surface area contributed by atoms with E-state index in [9.17, 15) is 0 Å². The maximum atomic E-state index is 5.37. The van der Waals surface area contributed by atoms with Gasteiger partial charge in [0.15, 0.2) is 0 Å². The molecule has 1 heterocycles. The molecule has 0 saturated carbocycles. The molecule has 0 fully saturated rings. The van der Waals surface area contributed by atoms with Crippen LogP contribution in [0.25, 0.3) is 0 Å². The zero-order chi connectivity index (χ0) is 11.1. The molecule has 1 aromatic rings. The molecule has 1 rings (SSSR count). The molecule has 0 amide bonds. The Kier molecular flexibility index (Phi) is 5.44. The molecule has 0 radical (unpaired) electrons. The molecular weight excluding hydrogens is 186 g/mol. The Morgan fingerprint density at radius 3 is 2.20 bits per heavy atom. The van der Waals surface area contributed by atoms with Gasteiger partial charge in [-0.15, -0.1) is 0 Å². The van der Waals surface area contributed by atoms with E-state index in [-0.39, 0.29) is 0 Å². The van der Waals surface area contributed by atoms with E-state index in [1.807, 2.05) is 6.92 Å². The monoisotopic (exact) mass is 209 g/mol. The van der Waals surface area contributed by atoms with E-state index < -0.39 is 0 Å². The smallest absolute Gasteiger partial charge is 0.140 e. The van der Waals surface area contributed by atoms with Gasteiger partial charge in [0.2, 0.25) is 0 Å². The SMILES string of the molecule is CCCCC(CCCC)c1cc(C)no1. The summed E-state index contributed by atoms with van der Waals surface area (Å²) in [4.78, 5) is 0. The Hall–Kier alpha value is -0.790. The lowest BCUT2D eigenvalue weighted by atomic mass is 9.93. The molecular formula is C13H23NO. The van der Waals surface area contributed by atoms with Crippen molar-refractivity contribution in [3.8, 4) is 0 Å². The average molecular weight is 209 g/mol. The number of hydrogen-bond acceptors (Lipinski definition) is 2. The molecule has 0 spiro atoms. The second kappa shape index (κ2) is 6.65. The highest BCUT2D eigenvalue weighted by atomic mass is 16.5. The molecule has 2 heteroatoms. The van der Waals surface area contributed by atoms with Crippen LogP contribution in [0.3, 0.4) is 0 Å². The third-order valence-electron chi connectivity index (χ3n) is 2.86.